The molecule has 2 aromatic rings. The van der Waals surface area contributed by atoms with Crippen LogP contribution in [0, 0.1) is 0 Å². The van der Waals surface area contributed by atoms with Crippen LogP contribution >= 0.6 is 22.9 Å². The Hall–Kier alpha value is -2.05. The van der Waals surface area contributed by atoms with E-state index >= 15 is 0 Å². The third kappa shape index (κ3) is 3.48. The van der Waals surface area contributed by atoms with Crippen molar-refractivity contribution in [3.63, 3.8) is 0 Å². The van der Waals surface area contributed by atoms with E-state index in [1.54, 1.807) is 16.2 Å². The number of hydrogen-bond donors (Lipinski definition) is 1. The first-order valence-electron chi connectivity index (χ1n) is 7.03. The van der Waals surface area contributed by atoms with Gasteiger partial charge in [-0.2, -0.15) is 0 Å². The number of amides is 1. The van der Waals surface area contributed by atoms with Gasteiger partial charge in [-0.15, -0.1) is 11.3 Å². The Morgan fingerprint density at radius 1 is 1.35 bits per heavy atom. The molecule has 23 heavy (non-hydrogen) atoms. The fraction of sp³-hybridized carbons (Fsp3) is 0.250. The number of phenols is 1. The Labute approximate surface area is 142 Å². The molecule has 0 unspecified atom stereocenters. The van der Waals surface area contributed by atoms with Gasteiger partial charge in [0, 0.05) is 23.0 Å². The number of rotatable bonds is 3. The third-order valence-electron chi connectivity index (χ3n) is 3.67. The summed E-state index contributed by atoms with van der Waals surface area (Å²) in [7, 11) is 0. The first-order chi connectivity index (χ1) is 11.0. The van der Waals surface area contributed by atoms with E-state index in [1.807, 2.05) is 11.4 Å². The second-order valence-electron chi connectivity index (χ2n) is 5.17. The van der Waals surface area contributed by atoms with Gasteiger partial charge >= 0.3 is 5.97 Å². The first-order valence-corrected chi connectivity index (χ1v) is 8.29. The van der Waals surface area contributed by atoms with E-state index < -0.39 is 5.97 Å². The number of fused-ring (bicyclic) bond motifs is 1. The van der Waals surface area contributed by atoms with Crippen LogP contribution in [-0.2, 0) is 22.5 Å². The molecule has 0 aliphatic carbocycles. The Morgan fingerprint density at radius 2 is 2.17 bits per heavy atom. The Bertz CT molecular complexity index is 758. The highest BCUT2D eigenvalue weighted by Crippen LogP contribution is 2.24. The molecule has 120 valence electrons. The number of esters is 1. The Balaban J connectivity index is 1.59. The quantitative estimate of drug-likeness (QED) is 0.863. The number of thiophene rings is 1. The minimum absolute atomic E-state index is 0.0518. The largest absolute Gasteiger partial charge is 0.507 e. The summed E-state index contributed by atoms with van der Waals surface area (Å²) in [5.41, 5.74) is 1.09. The van der Waals surface area contributed by atoms with Gasteiger partial charge in [0.25, 0.3) is 5.91 Å². The molecule has 0 saturated carbocycles. The van der Waals surface area contributed by atoms with Crippen molar-refractivity contribution in [2.45, 2.75) is 13.0 Å². The molecule has 1 aromatic carbocycles. The molecule has 0 saturated heterocycles. The Kier molecular flexibility index (Phi) is 4.54. The van der Waals surface area contributed by atoms with Gasteiger partial charge in [0.05, 0.1) is 0 Å². The summed E-state index contributed by atoms with van der Waals surface area (Å²) in [4.78, 5) is 27.1. The predicted octanol–water partition coefficient (Wildman–Crippen LogP) is 2.85. The number of hydrogen-bond acceptors (Lipinski definition) is 5. The molecule has 2 heterocycles. The zero-order chi connectivity index (χ0) is 16.4. The molecule has 1 amide bonds. The van der Waals surface area contributed by atoms with Gasteiger partial charge in [0.15, 0.2) is 6.61 Å². The predicted molar refractivity (Wildman–Crippen MR) is 86.8 cm³/mol. The van der Waals surface area contributed by atoms with Crippen molar-refractivity contribution in [1.82, 2.24) is 4.90 Å². The summed E-state index contributed by atoms with van der Waals surface area (Å²) < 4.78 is 5.00. The second-order valence-corrected chi connectivity index (χ2v) is 6.61. The summed E-state index contributed by atoms with van der Waals surface area (Å²) in [6.45, 7) is 0.800. The second kappa shape index (κ2) is 6.60. The lowest BCUT2D eigenvalue weighted by Crippen LogP contribution is -2.38. The van der Waals surface area contributed by atoms with Crippen LogP contribution in [-0.4, -0.2) is 35.0 Å². The highest BCUT2D eigenvalue weighted by atomic mass is 35.5. The van der Waals surface area contributed by atoms with Crippen molar-refractivity contribution < 1.29 is 19.4 Å². The average molecular weight is 352 g/mol. The lowest BCUT2D eigenvalue weighted by atomic mass is 10.1. The van der Waals surface area contributed by atoms with E-state index in [2.05, 4.69) is 0 Å². The number of aromatic hydroxyl groups is 1. The van der Waals surface area contributed by atoms with Gasteiger partial charge in [0.2, 0.25) is 0 Å². The lowest BCUT2D eigenvalue weighted by molar-refractivity contribution is -0.135. The van der Waals surface area contributed by atoms with Gasteiger partial charge in [-0.25, -0.2) is 4.79 Å². The molecular formula is C16H14ClNO4S. The third-order valence-corrected chi connectivity index (χ3v) is 4.92. The lowest BCUT2D eigenvalue weighted by Gasteiger charge is -2.26. The number of nitrogens with zero attached hydrogens (tertiary/aromatic N) is 1. The maximum atomic E-state index is 12.2. The maximum Gasteiger partial charge on any atom is 0.342 e. The molecule has 0 fully saturated rings. The molecule has 3 rings (SSSR count). The van der Waals surface area contributed by atoms with Gasteiger partial charge in [-0.1, -0.05) is 11.6 Å². The van der Waals surface area contributed by atoms with E-state index in [0.29, 0.717) is 18.1 Å². The molecular weight excluding hydrogens is 338 g/mol. The van der Waals surface area contributed by atoms with Crippen LogP contribution < -0.4 is 0 Å². The number of benzene rings is 1. The normalized spacial score (nSPS) is 13.5. The molecule has 0 spiro atoms. The monoisotopic (exact) mass is 351 g/mol. The van der Waals surface area contributed by atoms with E-state index in [-0.39, 0.29) is 23.8 Å². The molecule has 1 aromatic heterocycles. The number of phenolic OH excluding ortho intramolecular Hbond substituents is 1. The molecule has 1 N–H and O–H groups in total. The summed E-state index contributed by atoms with van der Waals surface area (Å²) in [5.74, 6) is -1.25. The van der Waals surface area contributed by atoms with Crippen LogP contribution in [0.5, 0.6) is 5.75 Å². The van der Waals surface area contributed by atoms with Crippen molar-refractivity contribution in [1.29, 1.82) is 0 Å². The Morgan fingerprint density at radius 3 is 3.00 bits per heavy atom. The average Bonchev–Trinajstić information content (AvgIpc) is 3.02. The standard InChI is InChI=1S/C16H14ClNO4S/c17-11-1-2-13(19)12(7-11)16(21)22-9-15(20)18-5-3-14-10(8-18)4-6-23-14/h1-2,4,6-7,19H,3,5,8-9H2. The van der Waals surface area contributed by atoms with Gasteiger partial charge in [0.1, 0.15) is 11.3 Å². The SMILES string of the molecule is O=C(OCC(=O)N1CCc2sccc2C1)c1cc(Cl)ccc1O. The minimum Gasteiger partial charge on any atom is -0.507 e. The van der Waals surface area contributed by atoms with E-state index in [0.717, 1.165) is 12.0 Å². The zero-order valence-corrected chi connectivity index (χ0v) is 13.7. The molecule has 5 nitrogen and oxygen atoms in total. The molecule has 7 heteroatoms. The molecule has 1 aliphatic heterocycles. The zero-order valence-electron chi connectivity index (χ0n) is 12.1. The van der Waals surface area contributed by atoms with E-state index in [1.165, 1.54) is 23.1 Å². The van der Waals surface area contributed by atoms with E-state index in [9.17, 15) is 14.7 Å². The van der Waals surface area contributed by atoms with Crippen molar-refractivity contribution in [2.75, 3.05) is 13.2 Å². The summed E-state index contributed by atoms with van der Waals surface area (Å²) >= 11 is 7.48. The fourth-order valence-electron chi connectivity index (χ4n) is 2.43. The van der Waals surface area contributed by atoms with Crippen LogP contribution in [0.4, 0.5) is 0 Å². The molecule has 0 bridgehead atoms. The van der Waals surface area contributed by atoms with Crippen LogP contribution in [0.25, 0.3) is 0 Å². The topological polar surface area (TPSA) is 66.8 Å². The van der Waals surface area contributed by atoms with Crippen molar-refractivity contribution in [3.8, 4) is 5.75 Å². The highest BCUT2D eigenvalue weighted by Gasteiger charge is 2.23. The molecule has 0 atom stereocenters. The van der Waals surface area contributed by atoms with Gasteiger partial charge < -0.3 is 14.7 Å². The molecule has 0 radical (unpaired) electrons. The number of carbonyl (C=O) groups excluding carboxylic acids is 2. The maximum absolute atomic E-state index is 12.2. The van der Waals surface area contributed by atoms with Crippen LogP contribution in [0.3, 0.4) is 0 Å². The highest BCUT2D eigenvalue weighted by molar-refractivity contribution is 7.10. The summed E-state index contributed by atoms with van der Waals surface area (Å²) in [5, 5.41) is 12.0. The first kappa shape index (κ1) is 15.8. The minimum atomic E-state index is -0.772. The van der Waals surface area contributed by atoms with Crippen molar-refractivity contribution >= 4 is 34.8 Å². The van der Waals surface area contributed by atoms with Crippen LogP contribution in [0.2, 0.25) is 5.02 Å². The number of carbonyl (C=O) groups is 2. The van der Waals surface area contributed by atoms with E-state index in [4.69, 9.17) is 16.3 Å². The summed E-state index contributed by atoms with van der Waals surface area (Å²) in [6, 6.07) is 6.09. The van der Waals surface area contributed by atoms with Crippen LogP contribution in [0.15, 0.2) is 29.6 Å². The van der Waals surface area contributed by atoms with Gasteiger partial charge in [-0.05, 0) is 41.6 Å². The van der Waals surface area contributed by atoms with Crippen LogP contribution in [0.1, 0.15) is 20.8 Å². The number of halogens is 1. The van der Waals surface area contributed by atoms with Crippen molar-refractivity contribution in [2.24, 2.45) is 0 Å². The van der Waals surface area contributed by atoms with Gasteiger partial charge in [-0.3, -0.25) is 4.79 Å². The van der Waals surface area contributed by atoms with Crippen molar-refractivity contribution in [3.05, 3.63) is 50.7 Å². The smallest absolute Gasteiger partial charge is 0.342 e. The fourth-order valence-corrected chi connectivity index (χ4v) is 3.49. The molecule has 1 aliphatic rings. The summed E-state index contributed by atoms with van der Waals surface area (Å²) in [6.07, 6.45) is 0.821. The number of ether oxygens (including phenoxy) is 1.